The number of aliphatic hydroxyl groups is 1. The number of nitrogens with one attached hydrogen (secondary N) is 2. The molecule has 2 aromatic rings. The zero-order valence-corrected chi connectivity index (χ0v) is 15.2. The number of amides is 2. The molecule has 7 nitrogen and oxygen atoms in total. The predicted molar refractivity (Wildman–Crippen MR) is 101 cm³/mol. The number of carbonyl (C=O) groups excluding carboxylic acids is 2. The molecule has 3 rings (SSSR count). The third-order valence-electron chi connectivity index (χ3n) is 4.46. The predicted octanol–water partition coefficient (Wildman–Crippen LogP) is 2.26. The number of phenols is 1. The summed E-state index contributed by atoms with van der Waals surface area (Å²) in [7, 11) is 0. The zero-order chi connectivity index (χ0) is 19.4. The van der Waals surface area contributed by atoms with Gasteiger partial charge in [0.1, 0.15) is 11.4 Å². The number of halogens is 1. The SMILES string of the molecule is O=C(Cc1cc(Cl)ccc1O)Nc1ccnc(C(=O)NC2CCCC2O)c1. The average Bonchev–Trinajstić information content (AvgIpc) is 3.03. The summed E-state index contributed by atoms with van der Waals surface area (Å²) in [5.74, 6) is -0.777. The van der Waals surface area contributed by atoms with E-state index in [9.17, 15) is 19.8 Å². The summed E-state index contributed by atoms with van der Waals surface area (Å²) >= 11 is 5.88. The second-order valence-corrected chi connectivity index (χ2v) is 6.94. The van der Waals surface area contributed by atoms with Crippen molar-refractivity contribution in [1.29, 1.82) is 0 Å². The Morgan fingerprint density at radius 1 is 1.22 bits per heavy atom. The molecule has 1 aliphatic carbocycles. The first-order valence-electron chi connectivity index (χ1n) is 8.64. The zero-order valence-electron chi connectivity index (χ0n) is 14.5. The molecule has 142 valence electrons. The molecule has 0 saturated heterocycles. The summed E-state index contributed by atoms with van der Waals surface area (Å²) in [6, 6.07) is 7.24. The van der Waals surface area contributed by atoms with Crippen LogP contribution in [0.1, 0.15) is 35.3 Å². The molecule has 1 aromatic heterocycles. The minimum atomic E-state index is -0.540. The highest BCUT2D eigenvalue weighted by Crippen LogP contribution is 2.22. The summed E-state index contributed by atoms with van der Waals surface area (Å²) in [6.45, 7) is 0. The molecular formula is C19H20ClN3O4. The second kappa shape index (κ2) is 8.37. The van der Waals surface area contributed by atoms with Gasteiger partial charge in [-0.1, -0.05) is 11.6 Å². The van der Waals surface area contributed by atoms with Gasteiger partial charge in [0.15, 0.2) is 0 Å². The Bertz CT molecular complexity index is 859. The van der Waals surface area contributed by atoms with Crippen LogP contribution in [0.2, 0.25) is 5.02 Å². The van der Waals surface area contributed by atoms with Crippen LogP contribution in [0.25, 0.3) is 0 Å². The Labute approximate surface area is 161 Å². The highest BCUT2D eigenvalue weighted by molar-refractivity contribution is 6.30. The quantitative estimate of drug-likeness (QED) is 0.626. The lowest BCUT2D eigenvalue weighted by atomic mass is 10.1. The number of aromatic hydroxyl groups is 1. The number of hydrogen-bond donors (Lipinski definition) is 4. The molecule has 8 heteroatoms. The summed E-state index contributed by atoms with van der Waals surface area (Å²) < 4.78 is 0. The first-order chi connectivity index (χ1) is 12.9. The van der Waals surface area contributed by atoms with Crippen molar-refractivity contribution >= 4 is 29.1 Å². The molecular weight excluding hydrogens is 370 g/mol. The van der Waals surface area contributed by atoms with Gasteiger partial charge in [-0.15, -0.1) is 0 Å². The molecule has 1 fully saturated rings. The lowest BCUT2D eigenvalue weighted by molar-refractivity contribution is -0.115. The van der Waals surface area contributed by atoms with Gasteiger partial charge in [0.25, 0.3) is 5.91 Å². The second-order valence-electron chi connectivity index (χ2n) is 6.51. The Kier molecular flexibility index (Phi) is 5.93. The maximum absolute atomic E-state index is 12.3. The van der Waals surface area contributed by atoms with Gasteiger partial charge in [-0.2, -0.15) is 0 Å². The van der Waals surface area contributed by atoms with E-state index in [1.165, 1.54) is 30.5 Å². The van der Waals surface area contributed by atoms with Crippen LogP contribution in [0.5, 0.6) is 5.75 Å². The molecule has 4 N–H and O–H groups in total. The van der Waals surface area contributed by atoms with E-state index in [0.717, 1.165) is 12.8 Å². The lowest BCUT2D eigenvalue weighted by Gasteiger charge is -2.16. The van der Waals surface area contributed by atoms with E-state index < -0.39 is 12.0 Å². The minimum Gasteiger partial charge on any atom is -0.508 e. The molecule has 1 heterocycles. The van der Waals surface area contributed by atoms with E-state index >= 15 is 0 Å². The van der Waals surface area contributed by atoms with Gasteiger partial charge < -0.3 is 20.8 Å². The van der Waals surface area contributed by atoms with E-state index in [0.29, 0.717) is 22.7 Å². The van der Waals surface area contributed by atoms with Gasteiger partial charge in [-0.3, -0.25) is 14.6 Å². The van der Waals surface area contributed by atoms with Gasteiger partial charge in [-0.25, -0.2) is 0 Å². The van der Waals surface area contributed by atoms with Crippen molar-refractivity contribution in [3.63, 3.8) is 0 Å². The van der Waals surface area contributed by atoms with Gasteiger partial charge in [0.05, 0.1) is 18.6 Å². The molecule has 0 aliphatic heterocycles. The van der Waals surface area contributed by atoms with Crippen molar-refractivity contribution in [2.24, 2.45) is 0 Å². The maximum atomic E-state index is 12.3. The third-order valence-corrected chi connectivity index (χ3v) is 4.70. The van der Waals surface area contributed by atoms with Crippen LogP contribution >= 0.6 is 11.6 Å². The molecule has 2 atom stereocenters. The highest BCUT2D eigenvalue weighted by Gasteiger charge is 2.27. The summed E-state index contributed by atoms with van der Waals surface area (Å²) in [6.07, 6.45) is 3.09. The topological polar surface area (TPSA) is 112 Å². The number of anilines is 1. The smallest absolute Gasteiger partial charge is 0.270 e. The van der Waals surface area contributed by atoms with Crippen molar-refractivity contribution in [2.75, 3.05) is 5.32 Å². The molecule has 1 saturated carbocycles. The fourth-order valence-electron chi connectivity index (χ4n) is 3.06. The molecule has 27 heavy (non-hydrogen) atoms. The Morgan fingerprint density at radius 2 is 2.04 bits per heavy atom. The van der Waals surface area contributed by atoms with Crippen molar-refractivity contribution in [3.05, 3.63) is 52.8 Å². The monoisotopic (exact) mass is 389 g/mol. The standard InChI is InChI=1S/C19H20ClN3O4/c20-12-4-5-16(24)11(8-12)9-18(26)22-13-6-7-21-15(10-13)19(27)23-14-2-1-3-17(14)25/h4-8,10,14,17,24-25H,1-3,9H2,(H,23,27)(H,21,22,26). The Balaban J connectivity index is 1.63. The van der Waals surface area contributed by atoms with Gasteiger partial charge in [-0.05, 0) is 49.6 Å². The lowest BCUT2D eigenvalue weighted by Crippen LogP contribution is -2.40. The number of phenolic OH excluding ortho intramolecular Hbond substituents is 1. The largest absolute Gasteiger partial charge is 0.508 e. The van der Waals surface area contributed by atoms with Gasteiger partial charge >= 0.3 is 0 Å². The van der Waals surface area contributed by atoms with Crippen LogP contribution < -0.4 is 10.6 Å². The summed E-state index contributed by atoms with van der Waals surface area (Å²) in [5.41, 5.74) is 0.966. The molecule has 1 aliphatic rings. The van der Waals surface area contributed by atoms with Crippen molar-refractivity contribution in [1.82, 2.24) is 10.3 Å². The van der Waals surface area contributed by atoms with Crippen molar-refractivity contribution < 1.29 is 19.8 Å². The first kappa shape index (κ1) is 19.1. The number of hydrogen-bond acceptors (Lipinski definition) is 5. The van der Waals surface area contributed by atoms with Crippen LogP contribution in [0.4, 0.5) is 5.69 Å². The van der Waals surface area contributed by atoms with Crippen LogP contribution in [-0.4, -0.2) is 39.2 Å². The molecule has 2 unspecified atom stereocenters. The molecule has 0 radical (unpaired) electrons. The van der Waals surface area contributed by atoms with E-state index in [-0.39, 0.29) is 29.8 Å². The fourth-order valence-corrected chi connectivity index (χ4v) is 3.25. The van der Waals surface area contributed by atoms with E-state index in [1.54, 1.807) is 6.07 Å². The molecule has 2 amide bonds. The van der Waals surface area contributed by atoms with Gasteiger partial charge in [0, 0.05) is 22.5 Å². The van der Waals surface area contributed by atoms with Crippen molar-refractivity contribution in [2.45, 2.75) is 37.8 Å². The van der Waals surface area contributed by atoms with Crippen LogP contribution in [0.15, 0.2) is 36.5 Å². The third kappa shape index (κ3) is 4.96. The van der Waals surface area contributed by atoms with Crippen molar-refractivity contribution in [3.8, 4) is 5.75 Å². The number of nitrogens with zero attached hydrogens (tertiary/aromatic N) is 1. The van der Waals surface area contributed by atoms with Gasteiger partial charge in [0.2, 0.25) is 5.91 Å². The number of rotatable bonds is 5. The number of aromatic nitrogens is 1. The molecule has 0 bridgehead atoms. The van der Waals surface area contributed by atoms with E-state index in [1.807, 2.05) is 0 Å². The maximum Gasteiger partial charge on any atom is 0.270 e. The average molecular weight is 390 g/mol. The number of benzene rings is 1. The Morgan fingerprint density at radius 3 is 2.78 bits per heavy atom. The number of aliphatic hydroxyl groups excluding tert-OH is 1. The minimum absolute atomic E-state index is 0.0144. The van der Waals surface area contributed by atoms with Crippen LogP contribution in [0.3, 0.4) is 0 Å². The summed E-state index contributed by atoms with van der Waals surface area (Å²) in [4.78, 5) is 28.6. The van der Waals surface area contributed by atoms with Crippen LogP contribution in [-0.2, 0) is 11.2 Å². The molecule has 0 spiro atoms. The van der Waals surface area contributed by atoms with Crippen LogP contribution in [0, 0.1) is 0 Å². The first-order valence-corrected chi connectivity index (χ1v) is 9.02. The van der Waals surface area contributed by atoms with E-state index in [2.05, 4.69) is 15.6 Å². The normalized spacial score (nSPS) is 18.9. The fraction of sp³-hybridized carbons (Fsp3) is 0.316. The molecule has 1 aromatic carbocycles. The van der Waals surface area contributed by atoms with E-state index in [4.69, 9.17) is 11.6 Å². The number of carbonyl (C=O) groups is 2. The Hall–Kier alpha value is -2.64. The highest BCUT2D eigenvalue weighted by atomic mass is 35.5. The number of pyridine rings is 1. The summed E-state index contributed by atoms with van der Waals surface area (Å²) in [5, 5.41) is 25.5.